The number of rotatable bonds is 4. The Kier molecular flexibility index (Phi) is 8.00. The number of morpholine rings is 1. The van der Waals surface area contributed by atoms with E-state index in [0.717, 1.165) is 41.1 Å². The molecule has 3 aromatic rings. The normalized spacial score (nSPS) is 17.4. The Morgan fingerprint density at radius 1 is 0.762 bits per heavy atom. The van der Waals surface area contributed by atoms with Crippen LogP contribution >= 0.6 is 0 Å². The van der Waals surface area contributed by atoms with Crippen molar-refractivity contribution >= 4 is 34.3 Å². The van der Waals surface area contributed by atoms with Gasteiger partial charge < -0.3 is 9.64 Å². The summed E-state index contributed by atoms with van der Waals surface area (Å²) in [6.45, 7) is 17.5. The maximum Gasteiger partial charge on any atom is 0.266 e. The lowest BCUT2D eigenvalue weighted by molar-refractivity contribution is -0.122. The third-order valence-corrected chi connectivity index (χ3v) is 8.16. The van der Waals surface area contributed by atoms with Gasteiger partial charge in [0.25, 0.3) is 5.91 Å². The molecule has 3 aromatic carbocycles. The van der Waals surface area contributed by atoms with E-state index in [1.54, 1.807) is 0 Å². The van der Waals surface area contributed by atoms with Crippen LogP contribution in [-0.2, 0) is 25.2 Å². The third-order valence-electron chi connectivity index (χ3n) is 8.16. The number of imide groups is 1. The van der Waals surface area contributed by atoms with Crippen LogP contribution in [0.3, 0.4) is 0 Å². The van der Waals surface area contributed by atoms with Crippen LogP contribution in [0.15, 0.2) is 78.9 Å². The summed E-state index contributed by atoms with van der Waals surface area (Å²) in [6.07, 6.45) is 2.15. The van der Waals surface area contributed by atoms with Gasteiger partial charge in [-0.05, 0) is 50.8 Å². The van der Waals surface area contributed by atoms with Gasteiger partial charge in [-0.15, -0.1) is 0 Å². The molecule has 0 N–H and O–H groups in total. The van der Waals surface area contributed by atoms with Crippen LogP contribution in [0.25, 0.3) is 16.8 Å². The monoisotopic (exact) mass is 562 g/mol. The number of carbonyl (C=O) groups is 2. The fraction of sp³-hybridized carbons (Fsp3) is 0.351. The van der Waals surface area contributed by atoms with E-state index in [-0.39, 0.29) is 22.6 Å². The van der Waals surface area contributed by atoms with E-state index in [4.69, 9.17) is 4.74 Å². The standard InChI is InChI=1S/C37H42N2O3/c1-25(40)39-32-11-9-8-10-30(32)34(35(39)41)31(26-12-16-28(17-13-26)36(2,3)4)24-33(38-20-22-42-23-21-38)27-14-18-29(19-15-27)37(5,6)7/h8-19,24H,20-23H2,1-7H3/b33-24-,34-31-. The zero-order valence-corrected chi connectivity index (χ0v) is 26.0. The summed E-state index contributed by atoms with van der Waals surface area (Å²) in [6, 6.07) is 24.8. The highest BCUT2D eigenvalue weighted by Gasteiger charge is 2.37. The molecule has 5 nitrogen and oxygen atoms in total. The molecule has 2 amide bonds. The van der Waals surface area contributed by atoms with Crippen molar-refractivity contribution in [1.82, 2.24) is 4.90 Å². The maximum atomic E-state index is 14.1. The van der Waals surface area contributed by atoms with Crippen LogP contribution in [0.5, 0.6) is 0 Å². The number of benzene rings is 3. The number of hydrogen-bond acceptors (Lipinski definition) is 4. The first-order valence-corrected chi connectivity index (χ1v) is 14.8. The smallest absolute Gasteiger partial charge is 0.266 e. The van der Waals surface area contributed by atoms with E-state index in [1.165, 1.54) is 23.0 Å². The first kappa shape index (κ1) is 29.5. The molecule has 1 saturated heterocycles. The van der Waals surface area contributed by atoms with Crippen LogP contribution in [0.2, 0.25) is 0 Å². The second-order valence-electron chi connectivity index (χ2n) is 13.2. The molecule has 5 rings (SSSR count). The molecule has 0 saturated carbocycles. The first-order valence-electron chi connectivity index (χ1n) is 14.8. The molecule has 1 fully saturated rings. The lowest BCUT2D eigenvalue weighted by atomic mass is 9.85. The lowest BCUT2D eigenvalue weighted by Gasteiger charge is -2.32. The Hall–Kier alpha value is -3.96. The number of anilines is 1. The Labute approximate surface area is 250 Å². The van der Waals surface area contributed by atoms with Crippen molar-refractivity contribution in [3.05, 3.63) is 107 Å². The second-order valence-corrected chi connectivity index (χ2v) is 13.2. The van der Waals surface area contributed by atoms with Crippen LogP contribution in [0.4, 0.5) is 5.69 Å². The SMILES string of the molecule is CC(=O)N1C(=O)/C(=C(/C=C(/c2ccc(C(C)(C)C)cc2)N2CCOCC2)c2ccc(C(C)(C)C)cc2)c2ccccc21. The Morgan fingerprint density at radius 3 is 1.81 bits per heavy atom. The number of carbonyl (C=O) groups excluding carboxylic acids is 2. The van der Waals surface area contributed by atoms with E-state index in [9.17, 15) is 9.59 Å². The van der Waals surface area contributed by atoms with Gasteiger partial charge in [0.15, 0.2) is 0 Å². The van der Waals surface area contributed by atoms with E-state index in [0.29, 0.717) is 24.5 Å². The van der Waals surface area contributed by atoms with Gasteiger partial charge >= 0.3 is 0 Å². The second kappa shape index (κ2) is 11.4. The fourth-order valence-corrected chi connectivity index (χ4v) is 5.68. The van der Waals surface area contributed by atoms with Gasteiger partial charge in [0, 0.05) is 31.3 Å². The molecule has 0 atom stereocenters. The van der Waals surface area contributed by atoms with Crippen molar-refractivity contribution in [1.29, 1.82) is 0 Å². The summed E-state index contributed by atoms with van der Waals surface area (Å²) in [5.74, 6) is -0.584. The molecule has 0 spiro atoms. The zero-order chi connectivity index (χ0) is 30.2. The minimum atomic E-state index is -0.292. The topological polar surface area (TPSA) is 49.9 Å². The Bertz CT molecular complexity index is 1540. The minimum Gasteiger partial charge on any atom is -0.378 e. The fourth-order valence-electron chi connectivity index (χ4n) is 5.68. The van der Waals surface area contributed by atoms with Gasteiger partial charge in [0.2, 0.25) is 5.91 Å². The maximum absolute atomic E-state index is 14.1. The molecule has 5 heteroatoms. The first-order chi connectivity index (χ1) is 19.9. The highest BCUT2D eigenvalue weighted by molar-refractivity contribution is 6.44. The number of allylic oxidation sites excluding steroid dienone is 2. The summed E-state index contributed by atoms with van der Waals surface area (Å²) in [5, 5.41) is 0. The van der Waals surface area contributed by atoms with E-state index >= 15 is 0 Å². The highest BCUT2D eigenvalue weighted by Crippen LogP contribution is 2.43. The largest absolute Gasteiger partial charge is 0.378 e. The number of ether oxygens (including phenoxy) is 1. The summed E-state index contributed by atoms with van der Waals surface area (Å²) < 4.78 is 5.71. The molecular formula is C37H42N2O3. The van der Waals surface area contributed by atoms with Crippen LogP contribution in [0.1, 0.15) is 76.3 Å². The number of fused-ring (bicyclic) bond motifs is 1. The number of amides is 2. The van der Waals surface area contributed by atoms with Crippen LogP contribution in [0, 0.1) is 0 Å². The molecule has 0 unspecified atom stereocenters. The van der Waals surface area contributed by atoms with Gasteiger partial charge in [-0.2, -0.15) is 0 Å². The molecule has 2 aliphatic heterocycles. The zero-order valence-electron chi connectivity index (χ0n) is 26.0. The molecule has 2 aliphatic rings. The number of nitrogens with zero attached hydrogens (tertiary/aromatic N) is 2. The molecule has 0 radical (unpaired) electrons. The summed E-state index contributed by atoms with van der Waals surface area (Å²) in [5.41, 5.74) is 8.32. The molecule has 0 bridgehead atoms. The number of para-hydroxylation sites is 1. The minimum absolute atomic E-state index is 0.00333. The van der Waals surface area contributed by atoms with E-state index in [1.807, 2.05) is 24.3 Å². The summed E-state index contributed by atoms with van der Waals surface area (Å²) >= 11 is 0. The van der Waals surface area contributed by atoms with Crippen molar-refractivity contribution in [3.8, 4) is 0 Å². The van der Waals surface area contributed by atoms with Crippen molar-refractivity contribution in [2.45, 2.75) is 59.3 Å². The molecule has 42 heavy (non-hydrogen) atoms. The molecular weight excluding hydrogens is 520 g/mol. The number of hydrogen-bond donors (Lipinski definition) is 0. The van der Waals surface area contributed by atoms with E-state index < -0.39 is 0 Å². The third kappa shape index (κ3) is 5.84. The summed E-state index contributed by atoms with van der Waals surface area (Å²) in [7, 11) is 0. The Morgan fingerprint density at radius 2 is 1.29 bits per heavy atom. The molecule has 218 valence electrons. The molecule has 0 aliphatic carbocycles. The van der Waals surface area contributed by atoms with Crippen molar-refractivity contribution in [2.24, 2.45) is 0 Å². The van der Waals surface area contributed by atoms with Gasteiger partial charge in [-0.1, -0.05) is 108 Å². The lowest BCUT2D eigenvalue weighted by Crippen LogP contribution is -2.35. The average Bonchev–Trinajstić information content (AvgIpc) is 3.25. The van der Waals surface area contributed by atoms with Crippen molar-refractivity contribution in [3.63, 3.8) is 0 Å². The van der Waals surface area contributed by atoms with Crippen LogP contribution in [-0.4, -0.2) is 43.0 Å². The summed E-state index contributed by atoms with van der Waals surface area (Å²) in [4.78, 5) is 30.4. The quantitative estimate of drug-likeness (QED) is 0.310. The van der Waals surface area contributed by atoms with Crippen molar-refractivity contribution < 1.29 is 14.3 Å². The molecule has 2 heterocycles. The van der Waals surface area contributed by atoms with Crippen molar-refractivity contribution in [2.75, 3.05) is 31.2 Å². The van der Waals surface area contributed by atoms with E-state index in [2.05, 4.69) is 101 Å². The predicted molar refractivity (Wildman–Crippen MR) is 172 cm³/mol. The highest BCUT2D eigenvalue weighted by atomic mass is 16.5. The van der Waals surface area contributed by atoms with Gasteiger partial charge in [-0.25, -0.2) is 4.90 Å². The average molecular weight is 563 g/mol. The van der Waals surface area contributed by atoms with Gasteiger partial charge in [0.05, 0.1) is 24.5 Å². The Balaban J connectivity index is 1.78. The van der Waals surface area contributed by atoms with Crippen LogP contribution < -0.4 is 4.90 Å². The van der Waals surface area contributed by atoms with Gasteiger partial charge in [0.1, 0.15) is 0 Å². The molecule has 0 aromatic heterocycles. The predicted octanol–water partition coefficient (Wildman–Crippen LogP) is 7.46. The van der Waals surface area contributed by atoms with Gasteiger partial charge in [-0.3, -0.25) is 9.59 Å².